The van der Waals surface area contributed by atoms with E-state index in [1.54, 1.807) is 24.5 Å². The van der Waals surface area contributed by atoms with Crippen LogP contribution in [-0.4, -0.2) is 19.1 Å². The maximum Gasteiger partial charge on any atom is 0.252 e. The first-order valence-electron chi connectivity index (χ1n) is 8.21. The van der Waals surface area contributed by atoms with Crippen molar-refractivity contribution in [3.8, 4) is 11.5 Å². The van der Waals surface area contributed by atoms with Crippen molar-refractivity contribution in [3.05, 3.63) is 82.8 Å². The van der Waals surface area contributed by atoms with Crippen LogP contribution >= 0.6 is 11.6 Å². The molecule has 0 radical (unpaired) electrons. The monoisotopic (exact) mass is 369 g/mol. The molecule has 6 heteroatoms. The summed E-state index contributed by atoms with van der Waals surface area (Å²) < 4.78 is 16.6. The number of benzene rings is 2. The maximum absolute atomic E-state index is 12.9. The summed E-state index contributed by atoms with van der Waals surface area (Å²) in [6.45, 7) is 0.861. The number of hydrogen-bond donors (Lipinski definition) is 1. The van der Waals surface area contributed by atoms with Crippen molar-refractivity contribution in [3.63, 3.8) is 0 Å². The fourth-order valence-corrected chi connectivity index (χ4v) is 3.14. The largest absolute Gasteiger partial charge is 0.486 e. The van der Waals surface area contributed by atoms with Gasteiger partial charge in [0.25, 0.3) is 5.91 Å². The van der Waals surface area contributed by atoms with Crippen molar-refractivity contribution in [2.24, 2.45) is 0 Å². The van der Waals surface area contributed by atoms with E-state index in [2.05, 4.69) is 5.32 Å². The van der Waals surface area contributed by atoms with Crippen LogP contribution in [-0.2, 0) is 0 Å². The molecule has 1 aliphatic heterocycles. The zero-order valence-electron chi connectivity index (χ0n) is 13.8. The van der Waals surface area contributed by atoms with Gasteiger partial charge in [-0.2, -0.15) is 0 Å². The maximum atomic E-state index is 12.9. The van der Waals surface area contributed by atoms with Gasteiger partial charge in [-0.3, -0.25) is 4.79 Å². The molecule has 1 unspecified atom stereocenters. The Morgan fingerprint density at radius 1 is 1.04 bits per heavy atom. The number of carbonyl (C=O) groups excluding carboxylic acids is 1. The summed E-state index contributed by atoms with van der Waals surface area (Å²) in [4.78, 5) is 12.9. The van der Waals surface area contributed by atoms with Gasteiger partial charge in [-0.25, -0.2) is 0 Å². The molecule has 26 heavy (non-hydrogen) atoms. The predicted octanol–water partition coefficient (Wildman–Crippen LogP) is 4.22. The third kappa shape index (κ3) is 3.26. The molecule has 1 amide bonds. The lowest BCUT2D eigenvalue weighted by Crippen LogP contribution is -2.29. The molecule has 2 heterocycles. The standard InChI is InChI=1S/C20H16ClNO4/c21-15-11-14(12-17-19(15)26-10-9-25-17)20(23)22-18(16-7-4-8-24-16)13-5-2-1-3-6-13/h1-8,11-12,18H,9-10H2,(H,22,23). The zero-order chi connectivity index (χ0) is 17.9. The first kappa shape index (κ1) is 16.5. The fraction of sp³-hybridized carbons (Fsp3) is 0.150. The summed E-state index contributed by atoms with van der Waals surface area (Å²) in [5.41, 5.74) is 1.31. The highest BCUT2D eigenvalue weighted by Gasteiger charge is 2.23. The fourth-order valence-electron chi connectivity index (χ4n) is 2.88. The molecule has 3 aromatic rings. The van der Waals surface area contributed by atoms with Crippen LogP contribution in [0.5, 0.6) is 11.5 Å². The quantitative estimate of drug-likeness (QED) is 0.747. The van der Waals surface area contributed by atoms with E-state index in [1.807, 2.05) is 36.4 Å². The molecule has 4 rings (SSSR count). The second-order valence-electron chi connectivity index (χ2n) is 5.81. The molecule has 0 saturated heterocycles. The highest BCUT2D eigenvalue weighted by molar-refractivity contribution is 6.32. The van der Waals surface area contributed by atoms with Crippen LogP contribution < -0.4 is 14.8 Å². The topological polar surface area (TPSA) is 60.7 Å². The van der Waals surface area contributed by atoms with Crippen molar-refractivity contribution in [1.29, 1.82) is 0 Å². The van der Waals surface area contributed by atoms with Gasteiger partial charge in [-0.15, -0.1) is 0 Å². The number of amides is 1. The van der Waals surface area contributed by atoms with E-state index in [-0.39, 0.29) is 5.91 Å². The summed E-state index contributed by atoms with van der Waals surface area (Å²) in [5, 5.41) is 3.35. The van der Waals surface area contributed by atoms with Crippen molar-refractivity contribution in [2.75, 3.05) is 13.2 Å². The van der Waals surface area contributed by atoms with Crippen LogP contribution in [0, 0.1) is 0 Å². The number of rotatable bonds is 4. The van der Waals surface area contributed by atoms with Gasteiger partial charge in [-0.1, -0.05) is 41.9 Å². The molecule has 5 nitrogen and oxygen atoms in total. The number of fused-ring (bicyclic) bond motifs is 1. The van der Waals surface area contributed by atoms with Crippen molar-refractivity contribution >= 4 is 17.5 Å². The minimum atomic E-state index is -0.411. The van der Waals surface area contributed by atoms with Gasteiger partial charge in [0.05, 0.1) is 11.3 Å². The molecule has 0 bridgehead atoms. The summed E-state index contributed by atoms with van der Waals surface area (Å²) in [7, 11) is 0. The Morgan fingerprint density at radius 2 is 1.85 bits per heavy atom. The van der Waals surface area contributed by atoms with Crippen molar-refractivity contribution in [2.45, 2.75) is 6.04 Å². The Bertz CT molecular complexity index is 909. The Kier molecular flexibility index (Phi) is 4.54. The molecule has 1 aliphatic rings. The number of hydrogen-bond acceptors (Lipinski definition) is 4. The molecular weight excluding hydrogens is 354 g/mol. The van der Waals surface area contributed by atoms with Crippen LogP contribution in [0.25, 0.3) is 0 Å². The van der Waals surface area contributed by atoms with Crippen LogP contribution in [0.3, 0.4) is 0 Å². The van der Waals surface area contributed by atoms with E-state index < -0.39 is 6.04 Å². The van der Waals surface area contributed by atoms with E-state index in [4.69, 9.17) is 25.5 Å². The molecule has 0 fully saturated rings. The minimum absolute atomic E-state index is 0.283. The van der Waals surface area contributed by atoms with E-state index in [0.29, 0.717) is 41.1 Å². The average Bonchev–Trinajstić information content (AvgIpc) is 3.21. The lowest BCUT2D eigenvalue weighted by Gasteiger charge is -2.21. The Hall–Kier alpha value is -2.92. The molecule has 1 N–H and O–H groups in total. The number of halogens is 1. The van der Waals surface area contributed by atoms with Gasteiger partial charge in [0.2, 0.25) is 0 Å². The number of furan rings is 1. The number of ether oxygens (including phenoxy) is 2. The molecule has 0 spiro atoms. The highest BCUT2D eigenvalue weighted by Crippen LogP contribution is 2.38. The molecule has 1 aromatic heterocycles. The van der Waals surface area contributed by atoms with E-state index in [0.717, 1.165) is 5.56 Å². The number of nitrogens with one attached hydrogen (secondary N) is 1. The van der Waals surface area contributed by atoms with Crippen molar-refractivity contribution < 1.29 is 18.7 Å². The Balaban J connectivity index is 1.64. The van der Waals surface area contributed by atoms with Crippen LogP contribution in [0.2, 0.25) is 5.02 Å². The van der Waals surface area contributed by atoms with Crippen molar-refractivity contribution in [1.82, 2.24) is 5.32 Å². The van der Waals surface area contributed by atoms with Gasteiger partial charge in [0.15, 0.2) is 11.5 Å². The molecular formula is C20H16ClNO4. The van der Waals surface area contributed by atoms with E-state index >= 15 is 0 Å². The lowest BCUT2D eigenvalue weighted by molar-refractivity contribution is 0.0937. The summed E-state index contributed by atoms with van der Waals surface area (Å²) >= 11 is 6.24. The SMILES string of the molecule is O=C(NC(c1ccccc1)c1ccco1)c1cc(Cl)c2c(c1)OCCO2. The van der Waals surface area contributed by atoms with Gasteiger partial charge in [-0.05, 0) is 29.8 Å². The lowest BCUT2D eigenvalue weighted by atomic mass is 10.0. The van der Waals surface area contributed by atoms with E-state index in [9.17, 15) is 4.79 Å². The molecule has 0 saturated carbocycles. The van der Waals surface area contributed by atoms with Crippen LogP contribution in [0.15, 0.2) is 65.3 Å². The summed E-state index contributed by atoms with van der Waals surface area (Å²) in [6.07, 6.45) is 1.58. The molecule has 2 aromatic carbocycles. The molecule has 132 valence electrons. The second-order valence-corrected chi connectivity index (χ2v) is 6.22. The second kappa shape index (κ2) is 7.14. The summed E-state index contributed by atoms with van der Waals surface area (Å²) in [5.74, 6) is 1.31. The predicted molar refractivity (Wildman–Crippen MR) is 96.9 cm³/mol. The molecule has 0 aliphatic carbocycles. The third-order valence-corrected chi connectivity index (χ3v) is 4.38. The third-order valence-electron chi connectivity index (χ3n) is 4.10. The smallest absolute Gasteiger partial charge is 0.252 e. The first-order valence-corrected chi connectivity index (χ1v) is 8.58. The van der Waals surface area contributed by atoms with Gasteiger partial charge in [0, 0.05) is 5.56 Å². The Morgan fingerprint density at radius 3 is 2.62 bits per heavy atom. The average molecular weight is 370 g/mol. The normalized spacial score (nSPS) is 13.9. The highest BCUT2D eigenvalue weighted by atomic mass is 35.5. The zero-order valence-corrected chi connectivity index (χ0v) is 14.5. The number of carbonyl (C=O) groups is 1. The molecule has 1 atom stereocenters. The van der Waals surface area contributed by atoms with Gasteiger partial charge in [0.1, 0.15) is 25.0 Å². The van der Waals surface area contributed by atoms with E-state index in [1.165, 1.54) is 0 Å². The van der Waals surface area contributed by atoms with Gasteiger partial charge < -0.3 is 19.2 Å². The summed E-state index contributed by atoms with van der Waals surface area (Å²) in [6, 6.07) is 16.0. The van der Waals surface area contributed by atoms with Crippen LogP contribution in [0.4, 0.5) is 0 Å². The first-order chi connectivity index (χ1) is 12.7. The minimum Gasteiger partial charge on any atom is -0.486 e. The van der Waals surface area contributed by atoms with Crippen LogP contribution in [0.1, 0.15) is 27.7 Å². The van der Waals surface area contributed by atoms with Gasteiger partial charge >= 0.3 is 0 Å². The Labute approximate surface area is 155 Å².